The van der Waals surface area contributed by atoms with E-state index in [1.165, 1.54) is 16.4 Å². The van der Waals surface area contributed by atoms with Crippen molar-refractivity contribution in [1.82, 2.24) is 14.9 Å². The standard InChI is InChI=1S/C20H24N8OS2/c1-27(2)15-10-8-14(9-11-15)12-22-24-19-25-26-20(28(19)21)31-13-18(29)23-16-6-4-5-7-17(16)30-3/h4-12H,13,21H2,1-3H3,(H,23,29)(H,24,25)/b22-12+. The molecule has 31 heavy (non-hydrogen) atoms. The molecule has 2 aromatic carbocycles. The molecule has 9 nitrogen and oxygen atoms in total. The van der Waals surface area contributed by atoms with Gasteiger partial charge in [0.2, 0.25) is 11.1 Å². The van der Waals surface area contributed by atoms with Crippen LogP contribution in [-0.4, -0.2) is 53.1 Å². The smallest absolute Gasteiger partial charge is 0.264 e. The number of benzene rings is 2. The van der Waals surface area contributed by atoms with E-state index in [4.69, 9.17) is 5.84 Å². The molecule has 0 aliphatic rings. The summed E-state index contributed by atoms with van der Waals surface area (Å²) in [6, 6.07) is 15.6. The van der Waals surface area contributed by atoms with Gasteiger partial charge in [0.15, 0.2) is 0 Å². The molecule has 3 aromatic rings. The van der Waals surface area contributed by atoms with Gasteiger partial charge in [-0.3, -0.25) is 4.79 Å². The number of carbonyl (C=O) groups is 1. The summed E-state index contributed by atoms with van der Waals surface area (Å²) in [5.74, 6) is 6.29. The number of hydrazone groups is 1. The highest BCUT2D eigenvalue weighted by molar-refractivity contribution is 7.99. The highest BCUT2D eigenvalue weighted by Crippen LogP contribution is 2.25. The lowest BCUT2D eigenvalue weighted by Crippen LogP contribution is -2.17. The predicted molar refractivity (Wildman–Crippen MR) is 130 cm³/mol. The Morgan fingerprint density at radius 3 is 2.65 bits per heavy atom. The maximum Gasteiger partial charge on any atom is 0.264 e. The fourth-order valence-corrected chi connectivity index (χ4v) is 3.75. The number of hydrogen-bond acceptors (Lipinski definition) is 9. The molecule has 0 fully saturated rings. The molecule has 0 radical (unpaired) electrons. The largest absolute Gasteiger partial charge is 0.378 e. The van der Waals surface area contributed by atoms with Gasteiger partial charge in [-0.25, -0.2) is 10.1 Å². The molecule has 1 aromatic heterocycles. The second-order valence-electron chi connectivity index (χ2n) is 6.57. The lowest BCUT2D eigenvalue weighted by atomic mass is 10.2. The number of amides is 1. The number of para-hydroxylation sites is 1. The van der Waals surface area contributed by atoms with Crippen molar-refractivity contribution in [2.45, 2.75) is 10.1 Å². The lowest BCUT2D eigenvalue weighted by Gasteiger charge is -2.11. The molecule has 11 heteroatoms. The van der Waals surface area contributed by atoms with E-state index in [9.17, 15) is 4.79 Å². The van der Waals surface area contributed by atoms with Gasteiger partial charge >= 0.3 is 0 Å². The Labute approximate surface area is 189 Å². The summed E-state index contributed by atoms with van der Waals surface area (Å²) >= 11 is 2.77. The molecule has 0 saturated carbocycles. The summed E-state index contributed by atoms with van der Waals surface area (Å²) in [6.07, 6.45) is 3.63. The van der Waals surface area contributed by atoms with Crippen LogP contribution in [0.4, 0.5) is 17.3 Å². The molecule has 0 spiro atoms. The van der Waals surface area contributed by atoms with Crippen LogP contribution in [0.25, 0.3) is 0 Å². The van der Waals surface area contributed by atoms with Crippen LogP contribution in [0.2, 0.25) is 0 Å². The van der Waals surface area contributed by atoms with E-state index < -0.39 is 0 Å². The van der Waals surface area contributed by atoms with Crippen LogP contribution in [0, 0.1) is 0 Å². The van der Waals surface area contributed by atoms with E-state index in [1.54, 1.807) is 18.0 Å². The van der Waals surface area contributed by atoms with Gasteiger partial charge in [0, 0.05) is 24.7 Å². The fourth-order valence-electron chi connectivity index (χ4n) is 2.54. The van der Waals surface area contributed by atoms with E-state index in [0.717, 1.165) is 21.8 Å². The fraction of sp³-hybridized carbons (Fsp3) is 0.200. The van der Waals surface area contributed by atoms with Crippen molar-refractivity contribution in [1.29, 1.82) is 0 Å². The molecule has 3 rings (SSSR count). The zero-order valence-corrected chi connectivity index (χ0v) is 19.1. The first-order valence-electron chi connectivity index (χ1n) is 9.30. The molecule has 0 aliphatic heterocycles. The number of nitrogens with zero attached hydrogens (tertiary/aromatic N) is 5. The first-order chi connectivity index (χ1) is 15.0. The Bertz CT molecular complexity index is 1050. The van der Waals surface area contributed by atoms with E-state index >= 15 is 0 Å². The van der Waals surface area contributed by atoms with Crippen LogP contribution >= 0.6 is 23.5 Å². The van der Waals surface area contributed by atoms with Gasteiger partial charge in [-0.05, 0) is 36.1 Å². The Hall–Kier alpha value is -3.18. The third-order valence-corrected chi connectivity index (χ3v) is 5.90. The molecule has 0 bridgehead atoms. The number of thioether (sulfide) groups is 2. The van der Waals surface area contributed by atoms with Crippen molar-refractivity contribution in [2.75, 3.05) is 47.6 Å². The molecule has 1 heterocycles. The predicted octanol–water partition coefficient (Wildman–Crippen LogP) is 2.96. The van der Waals surface area contributed by atoms with Gasteiger partial charge in [-0.15, -0.1) is 22.0 Å². The number of nitrogens with one attached hydrogen (secondary N) is 2. The average molecular weight is 457 g/mol. The summed E-state index contributed by atoms with van der Waals surface area (Å²) < 4.78 is 1.26. The lowest BCUT2D eigenvalue weighted by molar-refractivity contribution is -0.113. The second kappa shape index (κ2) is 10.7. The monoisotopic (exact) mass is 456 g/mol. The molecule has 0 saturated heterocycles. The summed E-state index contributed by atoms with van der Waals surface area (Å²) in [6.45, 7) is 0. The molecule has 0 unspecified atom stereocenters. The average Bonchev–Trinajstić information content (AvgIpc) is 3.12. The van der Waals surface area contributed by atoms with Gasteiger partial charge in [-0.1, -0.05) is 36.0 Å². The Morgan fingerprint density at radius 2 is 1.94 bits per heavy atom. The van der Waals surface area contributed by atoms with E-state index in [1.807, 2.05) is 73.8 Å². The SMILES string of the molecule is CSc1ccccc1NC(=O)CSc1nnc(N/N=C/c2ccc(N(C)C)cc2)n1N. The molecule has 0 atom stereocenters. The van der Waals surface area contributed by atoms with Gasteiger partial charge in [0.25, 0.3) is 5.95 Å². The number of rotatable bonds is 9. The third kappa shape index (κ3) is 6.15. The summed E-state index contributed by atoms with van der Waals surface area (Å²) in [5, 5.41) is 15.4. The normalized spacial score (nSPS) is 10.9. The second-order valence-corrected chi connectivity index (χ2v) is 8.36. The number of anilines is 3. The van der Waals surface area contributed by atoms with Gasteiger partial charge < -0.3 is 16.1 Å². The van der Waals surface area contributed by atoms with Crippen LogP contribution in [0.3, 0.4) is 0 Å². The molecule has 4 N–H and O–H groups in total. The maximum atomic E-state index is 12.3. The molecular weight excluding hydrogens is 432 g/mol. The molecule has 1 amide bonds. The number of nitrogen functional groups attached to an aromatic ring is 1. The third-order valence-electron chi connectivity index (χ3n) is 4.17. The Kier molecular flexibility index (Phi) is 7.79. The molecule has 162 valence electrons. The maximum absolute atomic E-state index is 12.3. The van der Waals surface area contributed by atoms with Crippen molar-refractivity contribution in [3.63, 3.8) is 0 Å². The van der Waals surface area contributed by atoms with Gasteiger partial charge in [-0.2, -0.15) is 5.10 Å². The van der Waals surface area contributed by atoms with Crippen LogP contribution in [0.1, 0.15) is 5.56 Å². The summed E-state index contributed by atoms with van der Waals surface area (Å²) in [4.78, 5) is 15.3. The topological polar surface area (TPSA) is 113 Å². The summed E-state index contributed by atoms with van der Waals surface area (Å²) in [7, 11) is 3.97. The highest BCUT2D eigenvalue weighted by atomic mass is 32.2. The quantitative estimate of drug-likeness (QED) is 0.195. The minimum Gasteiger partial charge on any atom is -0.378 e. The minimum absolute atomic E-state index is 0.150. The first-order valence-corrected chi connectivity index (χ1v) is 11.5. The van der Waals surface area contributed by atoms with Crippen LogP contribution in [-0.2, 0) is 4.79 Å². The van der Waals surface area contributed by atoms with Gasteiger partial charge in [0.05, 0.1) is 17.7 Å². The van der Waals surface area contributed by atoms with Crippen molar-refractivity contribution in [2.24, 2.45) is 5.10 Å². The van der Waals surface area contributed by atoms with Crippen molar-refractivity contribution >= 4 is 53.0 Å². The molecule has 0 aliphatic carbocycles. The van der Waals surface area contributed by atoms with Gasteiger partial charge in [0.1, 0.15) is 0 Å². The van der Waals surface area contributed by atoms with Crippen molar-refractivity contribution in [3.05, 3.63) is 54.1 Å². The number of hydrogen-bond donors (Lipinski definition) is 3. The number of carbonyl (C=O) groups excluding carboxylic acids is 1. The Balaban J connectivity index is 1.53. The van der Waals surface area contributed by atoms with Crippen LogP contribution < -0.4 is 21.5 Å². The zero-order valence-electron chi connectivity index (χ0n) is 17.4. The zero-order chi connectivity index (χ0) is 22.2. The first kappa shape index (κ1) is 22.5. The van der Waals surface area contributed by atoms with Crippen molar-refractivity contribution in [3.8, 4) is 0 Å². The highest BCUT2D eigenvalue weighted by Gasteiger charge is 2.13. The van der Waals surface area contributed by atoms with E-state index in [-0.39, 0.29) is 17.6 Å². The van der Waals surface area contributed by atoms with Crippen LogP contribution in [0.15, 0.2) is 63.7 Å². The molecular formula is C20H24N8OS2. The summed E-state index contributed by atoms with van der Waals surface area (Å²) in [5.41, 5.74) is 5.59. The van der Waals surface area contributed by atoms with Crippen LogP contribution in [0.5, 0.6) is 0 Å². The van der Waals surface area contributed by atoms with E-state index in [0.29, 0.717) is 5.16 Å². The Morgan fingerprint density at radius 1 is 1.19 bits per heavy atom. The number of aromatic nitrogens is 3. The van der Waals surface area contributed by atoms with E-state index in [2.05, 4.69) is 26.0 Å². The number of nitrogens with two attached hydrogens (primary N) is 1. The van der Waals surface area contributed by atoms with Crippen molar-refractivity contribution < 1.29 is 4.79 Å². The minimum atomic E-state index is -0.150.